The molecule has 2 rings (SSSR count). The lowest BCUT2D eigenvalue weighted by Gasteiger charge is -2.00. The number of H-pyrrole nitrogens is 1. The maximum atomic E-state index is 11.5. The summed E-state index contributed by atoms with van der Waals surface area (Å²) in [7, 11) is 0. The standard InChI is InChI=1S/C10H10N4O3S/c15-9(6-1-4-12-14-6)11-3-2-8-13-7(5-18-8)10(16)17/h1,4-5H,2-3H2,(H,11,15)(H,12,14)(H,16,17). The Bertz CT molecular complexity index is 549. The fourth-order valence-electron chi connectivity index (χ4n) is 1.28. The molecule has 1 amide bonds. The average molecular weight is 266 g/mol. The Kier molecular flexibility index (Phi) is 3.68. The third kappa shape index (κ3) is 2.92. The van der Waals surface area contributed by atoms with E-state index in [4.69, 9.17) is 5.11 Å². The predicted molar refractivity (Wildman–Crippen MR) is 63.7 cm³/mol. The van der Waals surface area contributed by atoms with Crippen LogP contribution in [0.2, 0.25) is 0 Å². The van der Waals surface area contributed by atoms with Crippen LogP contribution in [0.3, 0.4) is 0 Å². The topological polar surface area (TPSA) is 108 Å². The van der Waals surface area contributed by atoms with E-state index in [1.807, 2.05) is 0 Å². The molecule has 0 aliphatic carbocycles. The van der Waals surface area contributed by atoms with Crippen LogP contribution in [0.4, 0.5) is 0 Å². The number of amides is 1. The molecule has 2 heterocycles. The van der Waals surface area contributed by atoms with Crippen molar-refractivity contribution in [1.82, 2.24) is 20.5 Å². The number of carboxylic acids is 1. The number of aromatic carboxylic acids is 1. The minimum absolute atomic E-state index is 0.0369. The number of carbonyl (C=O) groups is 2. The Morgan fingerprint density at radius 2 is 2.33 bits per heavy atom. The van der Waals surface area contributed by atoms with E-state index < -0.39 is 5.97 Å². The predicted octanol–water partition coefficient (Wildman–Crippen LogP) is 0.537. The second kappa shape index (κ2) is 5.41. The molecule has 0 spiro atoms. The van der Waals surface area contributed by atoms with Crippen molar-refractivity contribution in [3.05, 3.63) is 34.0 Å². The molecular formula is C10H10N4O3S. The summed E-state index contributed by atoms with van der Waals surface area (Å²) in [6.07, 6.45) is 1.99. The van der Waals surface area contributed by atoms with E-state index in [1.165, 1.54) is 22.9 Å². The molecule has 94 valence electrons. The van der Waals surface area contributed by atoms with Crippen LogP contribution in [0.25, 0.3) is 0 Å². The number of carbonyl (C=O) groups excluding carboxylic acids is 1. The first-order valence-electron chi connectivity index (χ1n) is 5.12. The molecule has 0 bridgehead atoms. The van der Waals surface area contributed by atoms with Gasteiger partial charge in [0, 0.05) is 24.5 Å². The van der Waals surface area contributed by atoms with Gasteiger partial charge in [0.1, 0.15) is 5.69 Å². The number of aromatic amines is 1. The maximum Gasteiger partial charge on any atom is 0.355 e. The van der Waals surface area contributed by atoms with Gasteiger partial charge in [-0.05, 0) is 6.07 Å². The summed E-state index contributed by atoms with van der Waals surface area (Å²) in [4.78, 5) is 26.0. The number of hydrogen-bond acceptors (Lipinski definition) is 5. The van der Waals surface area contributed by atoms with Crippen LogP contribution >= 0.6 is 11.3 Å². The van der Waals surface area contributed by atoms with Gasteiger partial charge in [-0.25, -0.2) is 9.78 Å². The Morgan fingerprint density at radius 1 is 1.50 bits per heavy atom. The molecular weight excluding hydrogens is 256 g/mol. The number of nitrogens with one attached hydrogen (secondary N) is 2. The van der Waals surface area contributed by atoms with Crippen LogP contribution in [-0.4, -0.2) is 38.7 Å². The van der Waals surface area contributed by atoms with Crippen LogP contribution < -0.4 is 5.32 Å². The highest BCUT2D eigenvalue weighted by Crippen LogP contribution is 2.09. The molecule has 18 heavy (non-hydrogen) atoms. The van der Waals surface area contributed by atoms with Crippen molar-refractivity contribution in [3.63, 3.8) is 0 Å². The molecule has 0 aliphatic rings. The minimum atomic E-state index is -1.04. The highest BCUT2D eigenvalue weighted by Gasteiger charge is 2.09. The second-order valence-corrected chi connectivity index (χ2v) is 4.35. The van der Waals surface area contributed by atoms with E-state index in [0.717, 1.165) is 0 Å². The third-order valence-corrected chi connectivity index (χ3v) is 3.05. The monoisotopic (exact) mass is 266 g/mol. The van der Waals surface area contributed by atoms with Crippen LogP contribution in [-0.2, 0) is 6.42 Å². The Hall–Kier alpha value is -2.22. The molecule has 0 fully saturated rings. The average Bonchev–Trinajstić information content (AvgIpc) is 3.00. The van der Waals surface area contributed by atoms with Crippen molar-refractivity contribution < 1.29 is 14.7 Å². The van der Waals surface area contributed by atoms with E-state index in [1.54, 1.807) is 6.07 Å². The first-order chi connectivity index (χ1) is 8.66. The van der Waals surface area contributed by atoms with E-state index in [-0.39, 0.29) is 11.6 Å². The van der Waals surface area contributed by atoms with E-state index in [9.17, 15) is 9.59 Å². The van der Waals surface area contributed by atoms with Gasteiger partial charge < -0.3 is 10.4 Å². The number of aromatic nitrogens is 3. The summed E-state index contributed by atoms with van der Waals surface area (Å²) in [5, 5.41) is 19.8. The zero-order valence-electron chi connectivity index (χ0n) is 9.21. The van der Waals surface area contributed by atoms with Crippen LogP contribution in [0.15, 0.2) is 17.6 Å². The molecule has 0 radical (unpaired) electrons. The fraction of sp³-hybridized carbons (Fsp3) is 0.200. The minimum Gasteiger partial charge on any atom is -0.476 e. The van der Waals surface area contributed by atoms with Crippen molar-refractivity contribution in [1.29, 1.82) is 0 Å². The van der Waals surface area contributed by atoms with Crippen LogP contribution in [0.1, 0.15) is 26.0 Å². The highest BCUT2D eigenvalue weighted by atomic mass is 32.1. The van der Waals surface area contributed by atoms with Crippen LogP contribution in [0, 0.1) is 0 Å². The Morgan fingerprint density at radius 3 is 2.94 bits per heavy atom. The van der Waals surface area contributed by atoms with Gasteiger partial charge >= 0.3 is 5.97 Å². The van der Waals surface area contributed by atoms with Crippen molar-refractivity contribution in [2.75, 3.05) is 6.54 Å². The number of hydrogen-bond donors (Lipinski definition) is 3. The lowest BCUT2D eigenvalue weighted by Crippen LogP contribution is -2.26. The normalized spacial score (nSPS) is 10.2. The molecule has 8 heteroatoms. The molecule has 0 aromatic carbocycles. The van der Waals surface area contributed by atoms with E-state index >= 15 is 0 Å². The van der Waals surface area contributed by atoms with Crippen LogP contribution in [0.5, 0.6) is 0 Å². The zero-order chi connectivity index (χ0) is 13.0. The van der Waals surface area contributed by atoms with Gasteiger partial charge in [0.2, 0.25) is 0 Å². The molecule has 3 N–H and O–H groups in total. The zero-order valence-corrected chi connectivity index (χ0v) is 10.0. The van der Waals surface area contributed by atoms with Gasteiger partial charge in [-0.15, -0.1) is 11.3 Å². The lowest BCUT2D eigenvalue weighted by molar-refractivity contribution is 0.0690. The highest BCUT2D eigenvalue weighted by molar-refractivity contribution is 7.09. The lowest BCUT2D eigenvalue weighted by atomic mass is 10.4. The fourth-order valence-corrected chi connectivity index (χ4v) is 2.06. The Labute approximate surface area is 106 Å². The smallest absolute Gasteiger partial charge is 0.355 e. The number of thiazole rings is 1. The van der Waals surface area contributed by atoms with E-state index in [2.05, 4.69) is 20.5 Å². The van der Waals surface area contributed by atoms with Gasteiger partial charge in [-0.3, -0.25) is 9.89 Å². The largest absolute Gasteiger partial charge is 0.476 e. The Balaban J connectivity index is 1.81. The summed E-state index contributed by atoms with van der Waals surface area (Å²) >= 11 is 1.26. The molecule has 2 aromatic rings. The van der Waals surface area contributed by atoms with Crippen molar-refractivity contribution in [3.8, 4) is 0 Å². The summed E-state index contributed by atoms with van der Waals surface area (Å²) in [6, 6.07) is 1.57. The molecule has 0 saturated carbocycles. The van der Waals surface area contributed by atoms with Crippen molar-refractivity contribution >= 4 is 23.2 Å². The maximum absolute atomic E-state index is 11.5. The molecule has 0 unspecified atom stereocenters. The molecule has 0 saturated heterocycles. The molecule has 0 atom stereocenters. The quantitative estimate of drug-likeness (QED) is 0.732. The number of rotatable bonds is 5. The van der Waals surface area contributed by atoms with Crippen molar-refractivity contribution in [2.45, 2.75) is 6.42 Å². The number of nitrogens with zero attached hydrogens (tertiary/aromatic N) is 2. The van der Waals surface area contributed by atoms with Gasteiger partial charge in [0.05, 0.1) is 5.01 Å². The number of carboxylic acid groups (broad SMARTS) is 1. The third-order valence-electron chi connectivity index (χ3n) is 2.14. The van der Waals surface area contributed by atoms with E-state index in [0.29, 0.717) is 23.7 Å². The SMILES string of the molecule is O=C(O)c1csc(CCNC(=O)c2ccn[nH]2)n1. The summed E-state index contributed by atoms with van der Waals surface area (Å²) in [5.74, 6) is -1.29. The summed E-state index contributed by atoms with van der Waals surface area (Å²) in [5.41, 5.74) is 0.426. The first kappa shape index (κ1) is 12.2. The molecule has 7 nitrogen and oxygen atoms in total. The molecule has 0 aliphatic heterocycles. The summed E-state index contributed by atoms with van der Waals surface area (Å²) in [6.45, 7) is 0.393. The first-order valence-corrected chi connectivity index (χ1v) is 6.00. The second-order valence-electron chi connectivity index (χ2n) is 3.41. The van der Waals surface area contributed by atoms with Gasteiger partial charge in [0.15, 0.2) is 5.69 Å². The van der Waals surface area contributed by atoms with Gasteiger partial charge in [0.25, 0.3) is 5.91 Å². The van der Waals surface area contributed by atoms with Gasteiger partial charge in [-0.1, -0.05) is 0 Å². The van der Waals surface area contributed by atoms with Gasteiger partial charge in [-0.2, -0.15) is 5.10 Å². The van der Waals surface area contributed by atoms with Crippen molar-refractivity contribution in [2.24, 2.45) is 0 Å². The summed E-state index contributed by atoms with van der Waals surface area (Å²) < 4.78 is 0. The molecule has 2 aromatic heterocycles.